The summed E-state index contributed by atoms with van der Waals surface area (Å²) in [6.45, 7) is 1.17. The number of aromatic hydroxyl groups is 1. The summed E-state index contributed by atoms with van der Waals surface area (Å²) in [6.07, 6.45) is 0.719. The molecule has 5 nitrogen and oxygen atoms in total. The van der Waals surface area contributed by atoms with Crippen molar-refractivity contribution in [3.05, 3.63) is 53.6 Å². The molecule has 22 heavy (non-hydrogen) atoms. The third-order valence-electron chi connectivity index (χ3n) is 3.94. The van der Waals surface area contributed by atoms with Crippen LogP contribution in [0.15, 0.2) is 47.6 Å². The van der Waals surface area contributed by atoms with Gasteiger partial charge in [0.15, 0.2) is 11.5 Å². The van der Waals surface area contributed by atoms with E-state index in [1.165, 1.54) is 0 Å². The lowest BCUT2D eigenvalue weighted by atomic mass is 9.98. The number of nitrogens with one attached hydrogen (secondary N) is 1. The maximum Gasteiger partial charge on any atom is 0.161 e. The lowest BCUT2D eigenvalue weighted by Gasteiger charge is -2.20. The zero-order valence-electron chi connectivity index (χ0n) is 12.0. The molecule has 0 saturated carbocycles. The molecule has 0 aromatic heterocycles. The molecule has 0 amide bonds. The number of nitrogens with zero attached hydrogens (tertiary/aromatic N) is 1. The Balaban J connectivity index is 1.56. The Labute approximate surface area is 128 Å². The van der Waals surface area contributed by atoms with E-state index in [4.69, 9.17) is 9.47 Å². The van der Waals surface area contributed by atoms with Crippen LogP contribution in [-0.4, -0.2) is 24.0 Å². The summed E-state index contributed by atoms with van der Waals surface area (Å²) in [5, 5.41) is 14.3. The number of para-hydroxylation sites is 1. The average molecular weight is 296 g/mol. The first-order valence-electron chi connectivity index (χ1n) is 7.31. The van der Waals surface area contributed by atoms with Crippen LogP contribution in [0.25, 0.3) is 0 Å². The first-order chi connectivity index (χ1) is 10.8. The zero-order chi connectivity index (χ0) is 14.9. The molecule has 2 aromatic carbocycles. The van der Waals surface area contributed by atoms with Crippen LogP contribution < -0.4 is 14.9 Å². The van der Waals surface area contributed by atoms with E-state index in [9.17, 15) is 5.11 Å². The lowest BCUT2D eigenvalue weighted by Crippen LogP contribution is -2.16. The van der Waals surface area contributed by atoms with Gasteiger partial charge in [0.05, 0.1) is 11.8 Å². The quantitative estimate of drug-likeness (QED) is 0.894. The molecule has 2 N–H and O–H groups in total. The summed E-state index contributed by atoms with van der Waals surface area (Å²) in [7, 11) is 0. The summed E-state index contributed by atoms with van der Waals surface area (Å²) in [6, 6.07) is 13.3. The van der Waals surface area contributed by atoms with E-state index in [0.29, 0.717) is 13.2 Å². The van der Waals surface area contributed by atoms with Crippen LogP contribution in [0.1, 0.15) is 23.6 Å². The summed E-state index contributed by atoms with van der Waals surface area (Å²) >= 11 is 0. The van der Waals surface area contributed by atoms with Crippen LogP contribution >= 0.6 is 0 Å². The highest BCUT2D eigenvalue weighted by Crippen LogP contribution is 2.35. The van der Waals surface area contributed by atoms with Crippen LogP contribution in [-0.2, 0) is 0 Å². The number of benzene rings is 2. The Kier molecular flexibility index (Phi) is 3.11. The Morgan fingerprint density at radius 1 is 1.05 bits per heavy atom. The average Bonchev–Trinajstić information content (AvgIpc) is 3.04. The number of phenols is 1. The van der Waals surface area contributed by atoms with Crippen molar-refractivity contribution in [2.75, 3.05) is 13.2 Å². The molecule has 0 spiro atoms. The molecule has 0 unspecified atom stereocenters. The molecule has 5 heteroatoms. The maximum absolute atomic E-state index is 9.94. The van der Waals surface area contributed by atoms with Gasteiger partial charge in [-0.1, -0.05) is 18.2 Å². The van der Waals surface area contributed by atoms with Gasteiger partial charge in [-0.25, -0.2) is 0 Å². The van der Waals surface area contributed by atoms with Crippen molar-refractivity contribution < 1.29 is 14.6 Å². The molecule has 2 aromatic rings. The Hall–Kier alpha value is -2.69. The molecular weight excluding hydrogens is 280 g/mol. The molecule has 0 radical (unpaired) electrons. The molecule has 0 fully saturated rings. The van der Waals surface area contributed by atoms with E-state index >= 15 is 0 Å². The van der Waals surface area contributed by atoms with Gasteiger partial charge < -0.3 is 20.0 Å². The van der Waals surface area contributed by atoms with Gasteiger partial charge in [-0.2, -0.15) is 5.10 Å². The van der Waals surface area contributed by atoms with Crippen LogP contribution in [0.5, 0.6) is 17.2 Å². The van der Waals surface area contributed by atoms with E-state index in [0.717, 1.165) is 34.8 Å². The third-order valence-corrected chi connectivity index (χ3v) is 3.94. The zero-order valence-corrected chi connectivity index (χ0v) is 12.0. The maximum atomic E-state index is 9.94. The second kappa shape index (κ2) is 5.26. The molecule has 1 atom stereocenters. The van der Waals surface area contributed by atoms with Crippen molar-refractivity contribution in [3.8, 4) is 17.2 Å². The summed E-state index contributed by atoms with van der Waals surface area (Å²) in [5.74, 6) is 1.82. The van der Waals surface area contributed by atoms with E-state index < -0.39 is 0 Å². The van der Waals surface area contributed by atoms with Gasteiger partial charge in [-0.15, -0.1) is 0 Å². The second-order valence-electron chi connectivity index (χ2n) is 5.36. The van der Waals surface area contributed by atoms with E-state index in [2.05, 4.69) is 10.5 Å². The van der Waals surface area contributed by atoms with Gasteiger partial charge in [0.2, 0.25) is 0 Å². The molecule has 2 aliphatic heterocycles. The number of hydrogen-bond acceptors (Lipinski definition) is 5. The van der Waals surface area contributed by atoms with Crippen LogP contribution in [0.3, 0.4) is 0 Å². The molecule has 4 rings (SSSR count). The van der Waals surface area contributed by atoms with Gasteiger partial charge in [0.1, 0.15) is 19.0 Å². The van der Waals surface area contributed by atoms with Gasteiger partial charge in [-0.05, 0) is 29.8 Å². The van der Waals surface area contributed by atoms with E-state index in [-0.39, 0.29) is 11.8 Å². The van der Waals surface area contributed by atoms with Crippen LogP contribution in [0.4, 0.5) is 0 Å². The Morgan fingerprint density at radius 2 is 1.86 bits per heavy atom. The van der Waals surface area contributed by atoms with Gasteiger partial charge in [0, 0.05) is 12.0 Å². The van der Waals surface area contributed by atoms with Crippen molar-refractivity contribution >= 4 is 5.71 Å². The molecule has 2 aliphatic rings. The van der Waals surface area contributed by atoms with E-state index in [1.807, 2.05) is 30.3 Å². The van der Waals surface area contributed by atoms with Crippen molar-refractivity contribution in [2.45, 2.75) is 12.5 Å². The van der Waals surface area contributed by atoms with Crippen molar-refractivity contribution in [1.82, 2.24) is 5.43 Å². The van der Waals surface area contributed by atoms with Crippen molar-refractivity contribution in [2.24, 2.45) is 5.10 Å². The van der Waals surface area contributed by atoms with Crippen molar-refractivity contribution in [3.63, 3.8) is 0 Å². The van der Waals surface area contributed by atoms with Gasteiger partial charge in [0.25, 0.3) is 0 Å². The Bertz CT molecular complexity index is 742. The third kappa shape index (κ3) is 2.24. The smallest absolute Gasteiger partial charge is 0.161 e. The number of hydrogen-bond donors (Lipinski definition) is 2. The number of fused-ring (bicyclic) bond motifs is 1. The summed E-state index contributed by atoms with van der Waals surface area (Å²) < 4.78 is 11.2. The molecule has 0 bridgehead atoms. The predicted octanol–water partition coefficient (Wildman–Crippen LogP) is 2.60. The van der Waals surface area contributed by atoms with Gasteiger partial charge >= 0.3 is 0 Å². The van der Waals surface area contributed by atoms with Crippen molar-refractivity contribution in [1.29, 1.82) is 0 Å². The molecule has 0 saturated heterocycles. The fourth-order valence-corrected chi connectivity index (χ4v) is 2.80. The fourth-order valence-electron chi connectivity index (χ4n) is 2.80. The topological polar surface area (TPSA) is 63.1 Å². The monoisotopic (exact) mass is 296 g/mol. The van der Waals surface area contributed by atoms with E-state index in [1.54, 1.807) is 12.1 Å². The lowest BCUT2D eigenvalue weighted by molar-refractivity contribution is 0.171. The molecular formula is C17H16N2O3. The standard InChI is InChI=1S/C17H16N2O3/c20-15-4-2-1-3-12(15)14-10-13(18-19-14)11-5-6-16-17(9-11)22-8-7-21-16/h1-6,9,13,18,20H,7-8,10H2/t13-/m1/s1. The number of rotatable bonds is 2. The minimum absolute atomic E-state index is 0.0745. The largest absolute Gasteiger partial charge is 0.507 e. The highest BCUT2D eigenvalue weighted by Gasteiger charge is 2.24. The fraction of sp³-hybridized carbons (Fsp3) is 0.235. The van der Waals surface area contributed by atoms with Crippen LogP contribution in [0, 0.1) is 0 Å². The summed E-state index contributed by atoms with van der Waals surface area (Å²) in [4.78, 5) is 0. The molecule has 112 valence electrons. The predicted molar refractivity (Wildman–Crippen MR) is 82.6 cm³/mol. The Morgan fingerprint density at radius 3 is 2.73 bits per heavy atom. The highest BCUT2D eigenvalue weighted by atomic mass is 16.6. The number of hydrazone groups is 1. The minimum atomic E-state index is 0.0745. The van der Waals surface area contributed by atoms with Crippen LogP contribution in [0.2, 0.25) is 0 Å². The molecule has 0 aliphatic carbocycles. The number of phenolic OH excluding ortho intramolecular Hbond substituents is 1. The number of ether oxygens (including phenoxy) is 2. The summed E-state index contributed by atoms with van der Waals surface area (Å²) in [5.41, 5.74) is 5.86. The normalized spacial score (nSPS) is 19.5. The second-order valence-corrected chi connectivity index (χ2v) is 5.36. The first-order valence-corrected chi connectivity index (χ1v) is 7.31. The highest BCUT2D eigenvalue weighted by molar-refractivity contribution is 6.03. The first kappa shape index (κ1) is 13.0. The van der Waals surface area contributed by atoms with Gasteiger partial charge in [-0.3, -0.25) is 0 Å². The molecule has 2 heterocycles. The SMILES string of the molecule is Oc1ccccc1C1=NN[C@@H](c2ccc3c(c2)OCCO3)C1. The minimum Gasteiger partial charge on any atom is -0.507 e.